The molecule has 0 bridgehead atoms. The molecule has 1 aromatic carbocycles. The smallest absolute Gasteiger partial charge is 0.323 e. The quantitative estimate of drug-likeness (QED) is 0.366. The Morgan fingerprint density at radius 1 is 1.29 bits per heavy atom. The molecule has 31 heavy (non-hydrogen) atoms. The van der Waals surface area contributed by atoms with E-state index in [1.165, 1.54) is 5.56 Å². The molecule has 0 aromatic heterocycles. The van der Waals surface area contributed by atoms with Crippen LogP contribution in [0.25, 0.3) is 0 Å². The number of hydrogen-bond donors (Lipinski definition) is 4. The maximum absolute atomic E-state index is 12.0. The maximum atomic E-state index is 12.0. The Balaban J connectivity index is 0.00000450. The summed E-state index contributed by atoms with van der Waals surface area (Å²) in [5.74, 6) is -0.287. The van der Waals surface area contributed by atoms with Crippen LogP contribution in [0.2, 0.25) is 5.82 Å². The summed E-state index contributed by atoms with van der Waals surface area (Å²) in [7, 11) is 1.87. The fourth-order valence-corrected chi connectivity index (χ4v) is 4.28. The van der Waals surface area contributed by atoms with Crippen molar-refractivity contribution < 1.29 is 20.1 Å². The Bertz CT molecular complexity index is 695. The molecule has 178 valence electrons. The molecule has 0 saturated carbocycles. The molecular formula is C22H39BCl2N2O4. The summed E-state index contributed by atoms with van der Waals surface area (Å²) in [5, 5.41) is 28.8. The second kappa shape index (κ2) is 13.5. The highest BCUT2D eigenvalue weighted by Gasteiger charge is 2.40. The number of carboxylic acids is 1. The molecule has 3 atom stereocenters. The second-order valence-corrected chi connectivity index (χ2v) is 9.12. The van der Waals surface area contributed by atoms with Crippen molar-refractivity contribution >= 4 is 38.6 Å². The maximum Gasteiger partial charge on any atom is 0.323 e. The molecule has 1 aromatic rings. The van der Waals surface area contributed by atoms with Crippen molar-refractivity contribution in [2.45, 2.75) is 76.3 Å². The van der Waals surface area contributed by atoms with E-state index >= 15 is 0 Å². The van der Waals surface area contributed by atoms with Crippen molar-refractivity contribution in [3.63, 3.8) is 0 Å². The standard InChI is InChI=1S/C22H37BN2O4.2ClH/c1-15(2)8-10-25-14-17-13-19(27)6-5-16(17)12-18(25)7-9-22(24,21(28)29)20(23)4-3-11-26;;/h5-6,13,15,18,20,26-27H,3-4,7-12,14,23-24H2,1-2H3,(H,28,29);2*1H. The molecule has 1 heterocycles. The number of halogens is 2. The van der Waals surface area contributed by atoms with E-state index in [2.05, 4.69) is 18.7 Å². The Morgan fingerprint density at radius 2 is 1.97 bits per heavy atom. The van der Waals surface area contributed by atoms with Crippen LogP contribution in [0.3, 0.4) is 0 Å². The summed E-state index contributed by atoms with van der Waals surface area (Å²) < 4.78 is 0. The fraction of sp³-hybridized carbons (Fsp3) is 0.682. The number of hydrogen-bond acceptors (Lipinski definition) is 5. The van der Waals surface area contributed by atoms with E-state index < -0.39 is 11.5 Å². The summed E-state index contributed by atoms with van der Waals surface area (Å²) in [4.78, 5) is 14.4. The highest BCUT2D eigenvalue weighted by molar-refractivity contribution is 6.15. The van der Waals surface area contributed by atoms with Crippen LogP contribution in [0.1, 0.15) is 57.1 Å². The first kappa shape index (κ1) is 30.0. The van der Waals surface area contributed by atoms with Crippen molar-refractivity contribution in [2.24, 2.45) is 11.7 Å². The predicted molar refractivity (Wildman–Crippen MR) is 132 cm³/mol. The number of nitrogens with two attached hydrogens (primary N) is 1. The van der Waals surface area contributed by atoms with Gasteiger partial charge in [0, 0.05) is 19.2 Å². The van der Waals surface area contributed by atoms with Crippen molar-refractivity contribution in [1.29, 1.82) is 0 Å². The lowest BCUT2D eigenvalue weighted by Gasteiger charge is -2.40. The number of aromatic hydroxyl groups is 1. The van der Waals surface area contributed by atoms with Gasteiger partial charge in [-0.05, 0) is 73.6 Å². The summed E-state index contributed by atoms with van der Waals surface area (Å²) in [6.07, 6.45) is 4.20. The minimum absolute atomic E-state index is 0. The topological polar surface area (TPSA) is 107 Å². The average molecular weight is 477 g/mol. The van der Waals surface area contributed by atoms with Gasteiger partial charge in [0.15, 0.2) is 0 Å². The number of benzene rings is 1. The van der Waals surface area contributed by atoms with E-state index in [1.807, 2.05) is 20.0 Å². The Morgan fingerprint density at radius 3 is 2.55 bits per heavy atom. The first-order chi connectivity index (χ1) is 13.7. The molecule has 6 nitrogen and oxygen atoms in total. The Labute approximate surface area is 199 Å². The van der Waals surface area contributed by atoms with Crippen molar-refractivity contribution in [1.82, 2.24) is 4.90 Å². The fourth-order valence-electron chi connectivity index (χ4n) is 4.28. The zero-order chi connectivity index (χ0) is 21.6. The van der Waals surface area contributed by atoms with Gasteiger partial charge < -0.3 is 21.1 Å². The van der Waals surface area contributed by atoms with Crippen LogP contribution in [0.4, 0.5) is 0 Å². The molecule has 0 radical (unpaired) electrons. The molecule has 1 aliphatic rings. The van der Waals surface area contributed by atoms with Gasteiger partial charge in [0.1, 0.15) is 19.1 Å². The summed E-state index contributed by atoms with van der Waals surface area (Å²) in [6.45, 7) is 6.18. The van der Waals surface area contributed by atoms with Crippen LogP contribution in [-0.4, -0.2) is 58.8 Å². The van der Waals surface area contributed by atoms with Gasteiger partial charge in [0.05, 0.1) is 0 Å². The lowest BCUT2D eigenvalue weighted by Crippen LogP contribution is -2.53. The van der Waals surface area contributed by atoms with E-state index in [1.54, 1.807) is 6.07 Å². The average Bonchev–Trinajstić information content (AvgIpc) is 2.67. The van der Waals surface area contributed by atoms with Crippen LogP contribution in [0.15, 0.2) is 18.2 Å². The molecule has 3 unspecified atom stereocenters. The number of phenols is 1. The first-order valence-corrected chi connectivity index (χ1v) is 10.8. The summed E-state index contributed by atoms with van der Waals surface area (Å²) in [5.41, 5.74) is 7.48. The van der Waals surface area contributed by atoms with Gasteiger partial charge in [-0.1, -0.05) is 26.3 Å². The van der Waals surface area contributed by atoms with E-state index in [4.69, 9.17) is 10.8 Å². The van der Waals surface area contributed by atoms with Gasteiger partial charge in [-0.3, -0.25) is 9.69 Å². The van der Waals surface area contributed by atoms with Crippen LogP contribution in [0.5, 0.6) is 5.75 Å². The molecule has 2 rings (SSSR count). The number of aliphatic hydroxyl groups is 1. The molecule has 1 aliphatic heterocycles. The first-order valence-electron chi connectivity index (χ1n) is 10.8. The third kappa shape index (κ3) is 8.14. The number of nitrogens with zero attached hydrogens (tertiary/aromatic N) is 1. The minimum atomic E-state index is -1.28. The van der Waals surface area contributed by atoms with Crippen molar-refractivity contribution in [3.8, 4) is 5.75 Å². The zero-order valence-electron chi connectivity index (χ0n) is 18.9. The number of aliphatic carboxylic acids is 1. The van der Waals surface area contributed by atoms with Gasteiger partial charge in [-0.15, -0.1) is 24.8 Å². The van der Waals surface area contributed by atoms with Gasteiger partial charge in [0.25, 0.3) is 0 Å². The number of aliphatic hydroxyl groups excluding tert-OH is 1. The third-order valence-corrected chi connectivity index (χ3v) is 6.49. The lowest BCUT2D eigenvalue weighted by molar-refractivity contribution is -0.144. The number of phenolic OH excluding ortho intramolecular Hbond substituents is 1. The molecular weight excluding hydrogens is 438 g/mol. The number of carbonyl (C=O) groups is 1. The molecule has 0 amide bonds. The van der Waals surface area contributed by atoms with Gasteiger partial charge in [0.2, 0.25) is 0 Å². The van der Waals surface area contributed by atoms with E-state index in [0.29, 0.717) is 31.6 Å². The third-order valence-electron chi connectivity index (χ3n) is 6.49. The van der Waals surface area contributed by atoms with Crippen LogP contribution < -0.4 is 5.73 Å². The molecule has 0 saturated heterocycles. The monoisotopic (exact) mass is 476 g/mol. The Kier molecular flexibility index (Phi) is 13.1. The SMILES string of the molecule is BC(CCCO)C(N)(CCC1Cc2ccc(O)cc2CN1CCC(C)C)C(=O)O.Cl.Cl. The van der Waals surface area contributed by atoms with Crippen molar-refractivity contribution in [3.05, 3.63) is 29.3 Å². The Hall–Kier alpha value is -0.985. The highest BCUT2D eigenvalue weighted by atomic mass is 35.5. The predicted octanol–water partition coefficient (Wildman–Crippen LogP) is 2.77. The lowest BCUT2D eigenvalue weighted by atomic mass is 9.66. The van der Waals surface area contributed by atoms with E-state index in [9.17, 15) is 15.0 Å². The van der Waals surface area contributed by atoms with Crippen molar-refractivity contribution in [2.75, 3.05) is 13.2 Å². The van der Waals surface area contributed by atoms with Gasteiger partial charge >= 0.3 is 5.97 Å². The largest absolute Gasteiger partial charge is 0.508 e. The molecule has 0 aliphatic carbocycles. The van der Waals surface area contributed by atoms with Crippen LogP contribution in [-0.2, 0) is 17.8 Å². The second-order valence-electron chi connectivity index (χ2n) is 9.12. The molecule has 0 spiro atoms. The van der Waals surface area contributed by atoms with E-state index in [-0.39, 0.29) is 49.0 Å². The molecule has 5 N–H and O–H groups in total. The summed E-state index contributed by atoms with van der Waals surface area (Å²) in [6, 6.07) is 5.78. The molecule has 0 fully saturated rings. The minimum Gasteiger partial charge on any atom is -0.508 e. The zero-order valence-corrected chi connectivity index (χ0v) is 20.6. The summed E-state index contributed by atoms with van der Waals surface area (Å²) >= 11 is 0. The number of carboxylic acid groups (broad SMARTS) is 1. The van der Waals surface area contributed by atoms with Gasteiger partial charge in [-0.25, -0.2) is 0 Å². The normalized spacial score (nSPS) is 18.9. The number of fused-ring (bicyclic) bond motifs is 1. The number of rotatable bonds is 11. The van der Waals surface area contributed by atoms with E-state index in [0.717, 1.165) is 31.5 Å². The molecule has 9 heteroatoms. The highest BCUT2D eigenvalue weighted by Crippen LogP contribution is 2.33. The van der Waals surface area contributed by atoms with Crippen LogP contribution >= 0.6 is 24.8 Å². The van der Waals surface area contributed by atoms with Crippen LogP contribution in [0, 0.1) is 5.92 Å². The van der Waals surface area contributed by atoms with Gasteiger partial charge in [-0.2, -0.15) is 0 Å².